The lowest BCUT2D eigenvalue weighted by Gasteiger charge is -2.15. The smallest absolute Gasteiger partial charge is 0.231 e. The molecule has 6 heteroatoms. The van der Waals surface area contributed by atoms with Crippen LogP contribution in [0.25, 0.3) is 11.5 Å². The molecule has 0 aliphatic carbocycles. The normalized spacial score (nSPS) is 17.0. The van der Waals surface area contributed by atoms with Gasteiger partial charge >= 0.3 is 0 Å². The van der Waals surface area contributed by atoms with E-state index < -0.39 is 0 Å². The maximum Gasteiger partial charge on any atom is 0.231 e. The third-order valence-electron chi connectivity index (χ3n) is 4.42. The van der Waals surface area contributed by atoms with E-state index in [0.717, 1.165) is 18.5 Å². The molecule has 1 saturated heterocycles. The number of aromatic nitrogens is 3. The minimum Gasteiger partial charge on any atom is -0.342 e. The Bertz CT molecular complexity index is 848. The Morgan fingerprint density at radius 1 is 1.16 bits per heavy atom. The fourth-order valence-electron chi connectivity index (χ4n) is 3.07. The fourth-order valence-corrected chi connectivity index (χ4v) is 3.07. The van der Waals surface area contributed by atoms with Crippen molar-refractivity contribution in [2.75, 3.05) is 13.1 Å². The summed E-state index contributed by atoms with van der Waals surface area (Å²) in [4.78, 5) is 23.0. The van der Waals surface area contributed by atoms with Crippen LogP contribution >= 0.6 is 0 Å². The summed E-state index contributed by atoms with van der Waals surface area (Å²) in [6.45, 7) is 1.34. The van der Waals surface area contributed by atoms with Gasteiger partial charge < -0.3 is 9.42 Å². The van der Waals surface area contributed by atoms with Crippen LogP contribution in [0.1, 0.15) is 23.8 Å². The number of rotatable bonds is 4. The number of likely N-dealkylation sites (tertiary alicyclic amines) is 1. The van der Waals surface area contributed by atoms with Crippen molar-refractivity contribution in [1.82, 2.24) is 20.0 Å². The summed E-state index contributed by atoms with van der Waals surface area (Å²) in [6.07, 6.45) is 2.96. The SMILES string of the molecule is O=C(Cc1ccccc1)N1CC[C@H](c2nc(-c3ccccn3)no2)C1. The van der Waals surface area contributed by atoms with Crippen molar-refractivity contribution in [3.8, 4) is 11.5 Å². The molecule has 1 fully saturated rings. The molecule has 1 aromatic carbocycles. The van der Waals surface area contributed by atoms with E-state index in [4.69, 9.17) is 4.52 Å². The third-order valence-corrected chi connectivity index (χ3v) is 4.42. The molecule has 0 saturated carbocycles. The summed E-state index contributed by atoms with van der Waals surface area (Å²) in [7, 11) is 0. The minimum atomic E-state index is 0.0877. The first-order valence-electron chi connectivity index (χ1n) is 8.36. The number of nitrogens with zero attached hydrogens (tertiary/aromatic N) is 4. The molecule has 6 nitrogen and oxygen atoms in total. The highest BCUT2D eigenvalue weighted by Crippen LogP contribution is 2.27. The van der Waals surface area contributed by atoms with Crippen molar-refractivity contribution < 1.29 is 9.32 Å². The maximum atomic E-state index is 12.5. The quantitative estimate of drug-likeness (QED) is 0.733. The predicted molar refractivity (Wildman–Crippen MR) is 91.6 cm³/mol. The van der Waals surface area contributed by atoms with Gasteiger partial charge in [0.05, 0.1) is 12.3 Å². The van der Waals surface area contributed by atoms with Crippen molar-refractivity contribution in [2.45, 2.75) is 18.8 Å². The summed E-state index contributed by atoms with van der Waals surface area (Å²) in [5.74, 6) is 1.29. The number of carbonyl (C=O) groups is 1. The lowest BCUT2D eigenvalue weighted by atomic mass is 10.1. The predicted octanol–water partition coefficient (Wildman–Crippen LogP) is 2.69. The van der Waals surface area contributed by atoms with Gasteiger partial charge in [-0.05, 0) is 24.1 Å². The second-order valence-electron chi connectivity index (χ2n) is 6.16. The Hall–Kier alpha value is -3.02. The van der Waals surface area contributed by atoms with E-state index in [0.29, 0.717) is 30.4 Å². The molecule has 1 aliphatic rings. The van der Waals surface area contributed by atoms with Gasteiger partial charge in [0.1, 0.15) is 5.69 Å². The highest BCUT2D eigenvalue weighted by Gasteiger charge is 2.31. The number of hydrogen-bond donors (Lipinski definition) is 0. The number of amides is 1. The Morgan fingerprint density at radius 3 is 2.80 bits per heavy atom. The van der Waals surface area contributed by atoms with Crippen molar-refractivity contribution in [2.24, 2.45) is 0 Å². The Morgan fingerprint density at radius 2 is 2.00 bits per heavy atom. The van der Waals surface area contributed by atoms with Gasteiger partial charge in [-0.15, -0.1) is 0 Å². The van der Waals surface area contributed by atoms with Crippen LogP contribution in [0, 0.1) is 0 Å². The van der Waals surface area contributed by atoms with E-state index in [1.54, 1.807) is 6.20 Å². The summed E-state index contributed by atoms with van der Waals surface area (Å²) >= 11 is 0. The zero-order chi connectivity index (χ0) is 17.1. The fraction of sp³-hybridized carbons (Fsp3) is 0.263. The van der Waals surface area contributed by atoms with Crippen LogP contribution in [0.15, 0.2) is 59.3 Å². The molecule has 0 bridgehead atoms. The molecule has 126 valence electrons. The van der Waals surface area contributed by atoms with Gasteiger partial charge in [-0.3, -0.25) is 9.78 Å². The lowest BCUT2D eigenvalue weighted by Crippen LogP contribution is -2.29. The maximum absolute atomic E-state index is 12.5. The van der Waals surface area contributed by atoms with Gasteiger partial charge in [0.2, 0.25) is 17.6 Å². The van der Waals surface area contributed by atoms with Gasteiger partial charge in [0.15, 0.2) is 0 Å². The number of carbonyl (C=O) groups excluding carboxylic acids is 1. The Balaban J connectivity index is 1.41. The van der Waals surface area contributed by atoms with Crippen LogP contribution < -0.4 is 0 Å². The molecule has 1 amide bonds. The van der Waals surface area contributed by atoms with Crippen LogP contribution in [0.2, 0.25) is 0 Å². The zero-order valence-electron chi connectivity index (χ0n) is 13.7. The standard InChI is InChI=1S/C19H18N4O2/c24-17(12-14-6-2-1-3-7-14)23-11-9-15(13-23)19-21-18(22-25-19)16-8-4-5-10-20-16/h1-8,10,15H,9,11-13H2/t15-/m0/s1. The second kappa shape index (κ2) is 6.84. The molecule has 3 aromatic rings. The van der Waals surface area contributed by atoms with E-state index in [-0.39, 0.29) is 11.8 Å². The van der Waals surface area contributed by atoms with Gasteiger partial charge in [0, 0.05) is 19.3 Å². The molecule has 2 aromatic heterocycles. The molecule has 1 atom stereocenters. The van der Waals surface area contributed by atoms with E-state index in [1.807, 2.05) is 53.4 Å². The van der Waals surface area contributed by atoms with Crippen LogP contribution in [0.5, 0.6) is 0 Å². The van der Waals surface area contributed by atoms with Crippen LogP contribution in [-0.2, 0) is 11.2 Å². The summed E-state index contributed by atoms with van der Waals surface area (Å²) in [6, 6.07) is 15.4. The van der Waals surface area contributed by atoms with Gasteiger partial charge in [-0.2, -0.15) is 4.98 Å². The average Bonchev–Trinajstić information content (AvgIpc) is 3.33. The van der Waals surface area contributed by atoms with E-state index in [2.05, 4.69) is 15.1 Å². The Labute approximate surface area is 145 Å². The molecule has 3 heterocycles. The monoisotopic (exact) mass is 334 g/mol. The second-order valence-corrected chi connectivity index (χ2v) is 6.16. The van der Waals surface area contributed by atoms with Gasteiger partial charge in [-0.25, -0.2) is 0 Å². The summed E-state index contributed by atoms with van der Waals surface area (Å²) < 4.78 is 5.41. The highest BCUT2D eigenvalue weighted by atomic mass is 16.5. The largest absolute Gasteiger partial charge is 0.342 e. The van der Waals surface area contributed by atoms with Crippen LogP contribution in [0.4, 0.5) is 0 Å². The first-order chi connectivity index (χ1) is 12.3. The number of benzene rings is 1. The average molecular weight is 334 g/mol. The molecule has 0 unspecified atom stereocenters. The molecule has 25 heavy (non-hydrogen) atoms. The number of pyridine rings is 1. The van der Waals surface area contributed by atoms with Crippen molar-refractivity contribution in [3.63, 3.8) is 0 Å². The van der Waals surface area contributed by atoms with Gasteiger partial charge in [-0.1, -0.05) is 41.6 Å². The molecule has 0 spiro atoms. The molecular weight excluding hydrogens is 316 g/mol. The third kappa shape index (κ3) is 3.42. The molecule has 4 rings (SSSR count). The van der Waals surface area contributed by atoms with E-state index in [1.165, 1.54) is 0 Å². The highest BCUT2D eigenvalue weighted by molar-refractivity contribution is 5.79. The van der Waals surface area contributed by atoms with E-state index in [9.17, 15) is 4.79 Å². The van der Waals surface area contributed by atoms with Crippen molar-refractivity contribution in [1.29, 1.82) is 0 Å². The lowest BCUT2D eigenvalue weighted by molar-refractivity contribution is -0.129. The van der Waals surface area contributed by atoms with Gasteiger partial charge in [0.25, 0.3) is 0 Å². The molecule has 0 radical (unpaired) electrons. The zero-order valence-corrected chi connectivity index (χ0v) is 13.7. The Kier molecular flexibility index (Phi) is 4.24. The molecule has 0 N–H and O–H groups in total. The first kappa shape index (κ1) is 15.5. The molecular formula is C19H18N4O2. The topological polar surface area (TPSA) is 72.1 Å². The minimum absolute atomic E-state index is 0.0877. The summed E-state index contributed by atoms with van der Waals surface area (Å²) in [5, 5.41) is 4.02. The van der Waals surface area contributed by atoms with Crippen LogP contribution in [-0.4, -0.2) is 39.0 Å². The van der Waals surface area contributed by atoms with E-state index >= 15 is 0 Å². The number of hydrogen-bond acceptors (Lipinski definition) is 5. The first-order valence-corrected chi connectivity index (χ1v) is 8.36. The van der Waals surface area contributed by atoms with Crippen molar-refractivity contribution in [3.05, 3.63) is 66.2 Å². The summed E-state index contributed by atoms with van der Waals surface area (Å²) in [5.41, 5.74) is 1.72. The van der Waals surface area contributed by atoms with Crippen LogP contribution in [0.3, 0.4) is 0 Å². The molecule has 1 aliphatic heterocycles. The van der Waals surface area contributed by atoms with Crippen molar-refractivity contribution >= 4 is 5.91 Å².